The lowest BCUT2D eigenvalue weighted by atomic mass is 10.1. The Balaban J connectivity index is 1.58. The summed E-state index contributed by atoms with van der Waals surface area (Å²) in [6, 6.07) is 13.7. The average molecular weight is 418 g/mol. The maximum atomic E-state index is 12.7. The summed E-state index contributed by atoms with van der Waals surface area (Å²) >= 11 is 0. The maximum absolute atomic E-state index is 12.7. The molecule has 0 atom stereocenters. The molecule has 30 heavy (non-hydrogen) atoms. The van der Waals surface area contributed by atoms with Gasteiger partial charge in [-0.1, -0.05) is 12.1 Å². The van der Waals surface area contributed by atoms with Crippen LogP contribution in [0.4, 0.5) is 23.7 Å². The Labute approximate surface area is 169 Å². The number of rotatable bonds is 5. The molecule has 3 rings (SSSR count). The molecule has 0 radical (unpaired) electrons. The van der Waals surface area contributed by atoms with E-state index in [4.69, 9.17) is 0 Å². The third-order valence-electron chi connectivity index (χ3n) is 4.11. The van der Waals surface area contributed by atoms with Crippen LogP contribution in [0.2, 0.25) is 0 Å². The lowest BCUT2D eigenvalue weighted by Gasteiger charge is -2.08. The van der Waals surface area contributed by atoms with Crippen LogP contribution < -0.4 is 10.6 Å². The molecule has 0 aliphatic rings. The van der Waals surface area contributed by atoms with Crippen molar-refractivity contribution >= 4 is 17.7 Å². The van der Waals surface area contributed by atoms with E-state index in [9.17, 15) is 22.8 Å². The quantitative estimate of drug-likeness (QED) is 0.656. The number of nitrogens with zero attached hydrogens (tertiary/aromatic N) is 2. The van der Waals surface area contributed by atoms with E-state index in [1.54, 1.807) is 24.3 Å². The first-order valence-corrected chi connectivity index (χ1v) is 8.71. The highest BCUT2D eigenvalue weighted by molar-refractivity contribution is 5.94. The van der Waals surface area contributed by atoms with Crippen LogP contribution in [-0.4, -0.2) is 28.9 Å². The van der Waals surface area contributed by atoms with Gasteiger partial charge in [-0.15, -0.1) is 0 Å². The fourth-order valence-electron chi connectivity index (χ4n) is 2.54. The summed E-state index contributed by atoms with van der Waals surface area (Å²) in [5.41, 5.74) is 1.13. The number of amides is 2. The monoisotopic (exact) mass is 418 g/mol. The maximum Gasteiger partial charge on any atom is 0.435 e. The second-order valence-corrected chi connectivity index (χ2v) is 6.19. The Bertz CT molecular complexity index is 1030. The Hall–Kier alpha value is -3.82. The molecule has 10 heteroatoms. The smallest absolute Gasteiger partial charge is 0.435 e. The first kappa shape index (κ1) is 20.9. The molecule has 0 saturated carbocycles. The van der Waals surface area contributed by atoms with Gasteiger partial charge in [-0.2, -0.15) is 18.3 Å². The Kier molecular flexibility index (Phi) is 6.05. The van der Waals surface area contributed by atoms with E-state index < -0.39 is 18.0 Å². The van der Waals surface area contributed by atoms with E-state index in [-0.39, 0.29) is 12.5 Å². The number of methoxy groups -OCH3 is 1. The van der Waals surface area contributed by atoms with E-state index in [0.717, 1.165) is 16.3 Å². The summed E-state index contributed by atoms with van der Waals surface area (Å²) in [6.45, 7) is 0.257. The number of ether oxygens (including phenoxy) is 1. The minimum Gasteiger partial charge on any atom is -0.453 e. The van der Waals surface area contributed by atoms with Crippen molar-refractivity contribution in [3.8, 4) is 5.69 Å². The largest absolute Gasteiger partial charge is 0.453 e. The summed E-state index contributed by atoms with van der Waals surface area (Å²) in [7, 11) is 1.26. The number of hydrogen-bond donors (Lipinski definition) is 2. The molecule has 3 aromatic rings. The van der Waals surface area contributed by atoms with Crippen LogP contribution >= 0.6 is 0 Å². The number of nitrogens with one attached hydrogen (secondary N) is 2. The zero-order valence-corrected chi connectivity index (χ0v) is 15.7. The summed E-state index contributed by atoms with van der Waals surface area (Å²) in [6.07, 6.45) is -3.89. The molecule has 7 nitrogen and oxygen atoms in total. The van der Waals surface area contributed by atoms with Crippen molar-refractivity contribution in [1.29, 1.82) is 0 Å². The van der Waals surface area contributed by atoms with Gasteiger partial charge in [0.1, 0.15) is 0 Å². The Morgan fingerprint density at radius 2 is 1.70 bits per heavy atom. The van der Waals surface area contributed by atoms with Crippen LogP contribution in [0, 0.1) is 0 Å². The molecule has 0 bridgehead atoms. The zero-order valence-electron chi connectivity index (χ0n) is 15.7. The van der Waals surface area contributed by atoms with Gasteiger partial charge in [-0.25, -0.2) is 9.48 Å². The minimum atomic E-state index is -4.52. The fraction of sp³-hybridized carbons (Fsp3) is 0.150. The summed E-state index contributed by atoms with van der Waals surface area (Å²) in [4.78, 5) is 23.4. The van der Waals surface area contributed by atoms with Crippen molar-refractivity contribution in [2.45, 2.75) is 12.7 Å². The standard InChI is InChI=1S/C20H17F3N4O3/c1-30-19(29)25-15-6-2-13(3-7-15)12-24-18(28)14-4-8-16(9-5-14)27-11-10-17(26-27)20(21,22)23/h2-11H,12H2,1H3,(H,24,28)(H,25,29). The normalized spacial score (nSPS) is 11.1. The SMILES string of the molecule is COC(=O)Nc1ccc(CNC(=O)c2ccc(-n3ccc(C(F)(F)F)n3)cc2)cc1. The van der Waals surface area contributed by atoms with Crippen molar-refractivity contribution in [2.24, 2.45) is 0 Å². The molecule has 2 aromatic carbocycles. The molecule has 2 N–H and O–H groups in total. The molecule has 0 aliphatic heterocycles. The van der Waals surface area contributed by atoms with E-state index >= 15 is 0 Å². The van der Waals surface area contributed by atoms with Gasteiger partial charge in [0.2, 0.25) is 0 Å². The van der Waals surface area contributed by atoms with Gasteiger partial charge in [-0.05, 0) is 48.0 Å². The van der Waals surface area contributed by atoms with Crippen molar-refractivity contribution in [2.75, 3.05) is 12.4 Å². The lowest BCUT2D eigenvalue weighted by molar-refractivity contribution is -0.141. The van der Waals surface area contributed by atoms with Crippen LogP contribution in [0.5, 0.6) is 0 Å². The highest BCUT2D eigenvalue weighted by Crippen LogP contribution is 2.27. The number of benzene rings is 2. The van der Waals surface area contributed by atoms with Crippen molar-refractivity contribution in [3.05, 3.63) is 77.6 Å². The molecular weight excluding hydrogens is 401 g/mol. The lowest BCUT2D eigenvalue weighted by Crippen LogP contribution is -2.22. The van der Waals surface area contributed by atoms with Crippen molar-refractivity contribution in [1.82, 2.24) is 15.1 Å². The first-order chi connectivity index (χ1) is 14.3. The first-order valence-electron chi connectivity index (χ1n) is 8.71. The second kappa shape index (κ2) is 8.68. The molecule has 1 aromatic heterocycles. The van der Waals surface area contributed by atoms with Gasteiger partial charge in [0.15, 0.2) is 5.69 Å². The number of anilines is 1. The fourth-order valence-corrected chi connectivity index (χ4v) is 2.54. The number of aromatic nitrogens is 2. The third kappa shape index (κ3) is 5.16. The predicted molar refractivity (Wildman–Crippen MR) is 102 cm³/mol. The van der Waals surface area contributed by atoms with Gasteiger partial charge in [0.05, 0.1) is 12.8 Å². The molecule has 2 amide bonds. The third-order valence-corrected chi connectivity index (χ3v) is 4.11. The van der Waals surface area contributed by atoms with Crippen LogP contribution in [0.3, 0.4) is 0 Å². The van der Waals surface area contributed by atoms with Crippen molar-refractivity contribution < 1.29 is 27.5 Å². The predicted octanol–water partition coefficient (Wildman–Crippen LogP) is 4.00. The minimum absolute atomic E-state index is 0.257. The number of halogens is 3. The van der Waals surface area contributed by atoms with Crippen LogP contribution in [0.25, 0.3) is 5.69 Å². The van der Waals surface area contributed by atoms with Crippen LogP contribution in [-0.2, 0) is 17.5 Å². The summed E-state index contributed by atoms with van der Waals surface area (Å²) in [5, 5.41) is 8.76. The summed E-state index contributed by atoms with van der Waals surface area (Å²) < 4.78 is 43.6. The van der Waals surface area contributed by atoms with E-state index in [1.807, 2.05) is 0 Å². The Morgan fingerprint density at radius 3 is 2.27 bits per heavy atom. The highest BCUT2D eigenvalue weighted by Gasteiger charge is 2.33. The number of carbonyl (C=O) groups excluding carboxylic acids is 2. The molecule has 0 fully saturated rings. The number of hydrogen-bond acceptors (Lipinski definition) is 4. The topological polar surface area (TPSA) is 85.3 Å². The van der Waals surface area contributed by atoms with E-state index in [1.165, 1.54) is 37.6 Å². The summed E-state index contributed by atoms with van der Waals surface area (Å²) in [5.74, 6) is -0.338. The van der Waals surface area contributed by atoms with E-state index in [2.05, 4.69) is 20.5 Å². The molecule has 0 saturated heterocycles. The molecule has 0 aliphatic carbocycles. The number of alkyl halides is 3. The highest BCUT2D eigenvalue weighted by atomic mass is 19.4. The van der Waals surface area contributed by atoms with Crippen LogP contribution in [0.1, 0.15) is 21.6 Å². The van der Waals surface area contributed by atoms with Gasteiger partial charge < -0.3 is 10.1 Å². The zero-order chi connectivity index (χ0) is 21.7. The number of carbonyl (C=O) groups is 2. The molecule has 156 valence electrons. The molecule has 1 heterocycles. The van der Waals surface area contributed by atoms with Gasteiger partial charge in [-0.3, -0.25) is 10.1 Å². The molecular formula is C20H17F3N4O3. The van der Waals surface area contributed by atoms with E-state index in [0.29, 0.717) is 16.9 Å². The van der Waals surface area contributed by atoms with Gasteiger partial charge in [0, 0.05) is 24.0 Å². The Morgan fingerprint density at radius 1 is 1.03 bits per heavy atom. The molecule has 0 spiro atoms. The average Bonchev–Trinajstić information content (AvgIpc) is 3.24. The van der Waals surface area contributed by atoms with Gasteiger partial charge in [0.25, 0.3) is 5.91 Å². The van der Waals surface area contributed by atoms with Crippen LogP contribution in [0.15, 0.2) is 60.8 Å². The second-order valence-electron chi connectivity index (χ2n) is 6.19. The molecule has 0 unspecified atom stereocenters. The van der Waals surface area contributed by atoms with Gasteiger partial charge >= 0.3 is 12.3 Å². The van der Waals surface area contributed by atoms with Crippen molar-refractivity contribution in [3.63, 3.8) is 0 Å².